The van der Waals surface area contributed by atoms with E-state index in [9.17, 15) is 0 Å². The molecule has 0 aromatic rings. The Morgan fingerprint density at radius 3 is 1.90 bits per heavy atom. The SMILES string of the molecule is NC=O.SN1CCCCC1. The molecule has 0 saturated carbocycles. The minimum absolute atomic E-state index is 0.250. The lowest BCUT2D eigenvalue weighted by atomic mass is 10.2. The van der Waals surface area contributed by atoms with Crippen LogP contribution in [0.5, 0.6) is 0 Å². The van der Waals surface area contributed by atoms with E-state index in [4.69, 9.17) is 4.79 Å². The topological polar surface area (TPSA) is 46.3 Å². The van der Waals surface area contributed by atoms with Crippen LogP contribution in [0.25, 0.3) is 0 Å². The highest BCUT2D eigenvalue weighted by molar-refractivity contribution is 7.77. The van der Waals surface area contributed by atoms with Gasteiger partial charge in [0.05, 0.1) is 0 Å². The molecule has 60 valence electrons. The zero-order valence-corrected chi connectivity index (χ0v) is 6.89. The van der Waals surface area contributed by atoms with E-state index in [0.717, 1.165) is 0 Å². The summed E-state index contributed by atoms with van der Waals surface area (Å²) in [6.07, 6.45) is 4.32. The van der Waals surface area contributed by atoms with Crippen molar-refractivity contribution in [1.82, 2.24) is 4.31 Å². The van der Waals surface area contributed by atoms with Crippen molar-refractivity contribution in [3.05, 3.63) is 0 Å². The van der Waals surface area contributed by atoms with Gasteiger partial charge in [0.2, 0.25) is 6.41 Å². The first kappa shape index (κ1) is 9.78. The number of primary amides is 1. The maximum absolute atomic E-state index is 8.58. The van der Waals surface area contributed by atoms with Crippen LogP contribution in [0.2, 0.25) is 0 Å². The molecule has 0 spiro atoms. The van der Waals surface area contributed by atoms with E-state index in [0.29, 0.717) is 0 Å². The molecule has 1 saturated heterocycles. The predicted octanol–water partition coefficient (Wildman–Crippen LogP) is 0.419. The van der Waals surface area contributed by atoms with E-state index in [1.54, 1.807) is 0 Å². The maximum atomic E-state index is 8.58. The molecular formula is C6H14N2OS. The van der Waals surface area contributed by atoms with Crippen LogP contribution in [0.1, 0.15) is 19.3 Å². The minimum Gasteiger partial charge on any atom is -0.372 e. The Morgan fingerprint density at radius 1 is 1.30 bits per heavy atom. The summed E-state index contributed by atoms with van der Waals surface area (Å²) in [7, 11) is 0. The molecule has 1 rings (SSSR count). The van der Waals surface area contributed by atoms with Crippen molar-refractivity contribution in [2.24, 2.45) is 5.73 Å². The molecule has 0 radical (unpaired) electrons. The first-order valence-corrected chi connectivity index (χ1v) is 3.80. The van der Waals surface area contributed by atoms with Crippen LogP contribution in [-0.2, 0) is 4.79 Å². The Morgan fingerprint density at radius 2 is 1.70 bits per heavy atom. The van der Waals surface area contributed by atoms with E-state index in [2.05, 4.69) is 22.9 Å². The van der Waals surface area contributed by atoms with Gasteiger partial charge in [0.1, 0.15) is 0 Å². The number of piperidine rings is 1. The molecule has 1 fully saturated rings. The monoisotopic (exact) mass is 162 g/mol. The van der Waals surface area contributed by atoms with E-state index in [1.807, 2.05) is 0 Å². The summed E-state index contributed by atoms with van der Waals surface area (Å²) in [4.78, 5) is 8.58. The molecule has 0 unspecified atom stereocenters. The van der Waals surface area contributed by atoms with Gasteiger partial charge >= 0.3 is 0 Å². The maximum Gasteiger partial charge on any atom is 0.204 e. The molecule has 0 aromatic heterocycles. The predicted molar refractivity (Wildman–Crippen MR) is 44.7 cm³/mol. The van der Waals surface area contributed by atoms with E-state index >= 15 is 0 Å². The summed E-state index contributed by atoms with van der Waals surface area (Å²) in [5.41, 5.74) is 4.17. The quantitative estimate of drug-likeness (QED) is 0.400. The summed E-state index contributed by atoms with van der Waals surface area (Å²) >= 11 is 4.19. The highest BCUT2D eigenvalue weighted by Gasteiger charge is 2.03. The van der Waals surface area contributed by atoms with Gasteiger partial charge in [0.15, 0.2) is 0 Å². The Bertz CT molecular complexity index is 83.8. The average molecular weight is 162 g/mol. The lowest BCUT2D eigenvalue weighted by molar-refractivity contribution is -0.106. The van der Waals surface area contributed by atoms with Gasteiger partial charge in [-0.2, -0.15) is 0 Å². The number of nitrogens with two attached hydrogens (primary N) is 1. The van der Waals surface area contributed by atoms with E-state index in [1.165, 1.54) is 32.4 Å². The van der Waals surface area contributed by atoms with Crippen LogP contribution >= 0.6 is 12.8 Å². The average Bonchev–Trinajstić information content (AvgIpc) is 1.91. The Balaban J connectivity index is 0.000000236. The van der Waals surface area contributed by atoms with Crippen LogP contribution in [0.3, 0.4) is 0 Å². The summed E-state index contributed by atoms with van der Waals surface area (Å²) < 4.78 is 2.09. The third-order valence-electron chi connectivity index (χ3n) is 1.33. The fourth-order valence-electron chi connectivity index (χ4n) is 0.877. The number of amides is 1. The van der Waals surface area contributed by atoms with Crippen molar-refractivity contribution in [3.63, 3.8) is 0 Å². The largest absolute Gasteiger partial charge is 0.372 e. The third-order valence-corrected chi connectivity index (χ3v) is 1.73. The Labute approximate surface area is 67.1 Å². The number of carbonyl (C=O) groups excluding carboxylic acids is 1. The zero-order chi connectivity index (χ0) is 7.82. The smallest absolute Gasteiger partial charge is 0.204 e. The molecular weight excluding hydrogens is 148 g/mol. The van der Waals surface area contributed by atoms with Gasteiger partial charge < -0.3 is 5.73 Å². The number of thiol groups is 1. The van der Waals surface area contributed by atoms with Crippen molar-refractivity contribution in [2.45, 2.75) is 19.3 Å². The molecule has 0 aliphatic carbocycles. The van der Waals surface area contributed by atoms with E-state index < -0.39 is 0 Å². The number of hydrogen-bond acceptors (Lipinski definition) is 3. The fourth-order valence-corrected chi connectivity index (χ4v) is 1.16. The zero-order valence-electron chi connectivity index (χ0n) is 5.99. The molecule has 1 aliphatic rings. The van der Waals surface area contributed by atoms with Gasteiger partial charge in [0.25, 0.3) is 0 Å². The van der Waals surface area contributed by atoms with Gasteiger partial charge in [-0.05, 0) is 12.8 Å². The third kappa shape index (κ3) is 5.91. The van der Waals surface area contributed by atoms with Crippen molar-refractivity contribution < 1.29 is 4.79 Å². The molecule has 4 heteroatoms. The van der Waals surface area contributed by atoms with Gasteiger partial charge in [-0.15, -0.1) is 0 Å². The first-order chi connectivity index (χ1) is 4.81. The van der Waals surface area contributed by atoms with Crippen LogP contribution in [0, 0.1) is 0 Å². The molecule has 0 aromatic carbocycles. The molecule has 0 atom stereocenters. The highest BCUT2D eigenvalue weighted by Crippen LogP contribution is 2.08. The second-order valence-corrected chi connectivity index (χ2v) is 2.72. The van der Waals surface area contributed by atoms with Gasteiger partial charge in [0, 0.05) is 13.1 Å². The molecule has 3 nitrogen and oxygen atoms in total. The number of rotatable bonds is 0. The Kier molecular flexibility index (Phi) is 6.74. The van der Waals surface area contributed by atoms with Crippen LogP contribution in [-0.4, -0.2) is 23.8 Å². The van der Waals surface area contributed by atoms with Crippen LogP contribution < -0.4 is 5.73 Å². The summed E-state index contributed by atoms with van der Waals surface area (Å²) in [6, 6.07) is 0. The van der Waals surface area contributed by atoms with Crippen molar-refractivity contribution >= 4 is 19.2 Å². The number of nitrogens with zero attached hydrogens (tertiary/aromatic N) is 1. The van der Waals surface area contributed by atoms with Crippen LogP contribution in [0.4, 0.5) is 0 Å². The molecule has 1 heterocycles. The molecule has 1 amide bonds. The molecule has 1 aliphatic heterocycles. The number of hydrogen-bond donors (Lipinski definition) is 2. The van der Waals surface area contributed by atoms with Crippen molar-refractivity contribution in [1.29, 1.82) is 0 Å². The lowest BCUT2D eigenvalue weighted by Crippen LogP contribution is -2.19. The van der Waals surface area contributed by atoms with Crippen molar-refractivity contribution in [3.8, 4) is 0 Å². The minimum atomic E-state index is 0.250. The first-order valence-electron chi connectivity index (χ1n) is 3.40. The normalized spacial score (nSPS) is 18.9. The van der Waals surface area contributed by atoms with Crippen molar-refractivity contribution in [2.75, 3.05) is 13.1 Å². The van der Waals surface area contributed by atoms with Gasteiger partial charge in [-0.3, -0.25) is 9.10 Å². The highest BCUT2D eigenvalue weighted by atomic mass is 32.1. The fraction of sp³-hybridized carbons (Fsp3) is 0.833. The molecule has 10 heavy (non-hydrogen) atoms. The summed E-state index contributed by atoms with van der Waals surface area (Å²) in [5, 5.41) is 0. The van der Waals surface area contributed by atoms with E-state index in [-0.39, 0.29) is 6.41 Å². The molecule has 0 bridgehead atoms. The summed E-state index contributed by atoms with van der Waals surface area (Å²) in [6.45, 7) is 2.37. The summed E-state index contributed by atoms with van der Waals surface area (Å²) in [5.74, 6) is 0. The molecule has 2 N–H and O–H groups in total. The number of carbonyl (C=O) groups is 1. The lowest BCUT2D eigenvalue weighted by Gasteiger charge is -2.19. The standard InChI is InChI=1S/C5H11NS.CH3NO/c7-6-4-2-1-3-5-6;2-1-3/h7H,1-5H2;1H,(H2,2,3). The second-order valence-electron chi connectivity index (χ2n) is 2.15. The van der Waals surface area contributed by atoms with Crippen LogP contribution in [0.15, 0.2) is 0 Å². The Hall–Kier alpha value is -0.220. The van der Waals surface area contributed by atoms with Gasteiger partial charge in [-0.1, -0.05) is 19.2 Å². The van der Waals surface area contributed by atoms with Gasteiger partial charge in [-0.25, -0.2) is 0 Å². The second kappa shape index (κ2) is 6.89.